The number of methoxy groups -OCH3 is 1. The number of ether oxygens (including phenoxy) is 1. The van der Waals surface area contributed by atoms with Crippen LogP contribution in [0.4, 0.5) is 0 Å². The predicted molar refractivity (Wildman–Crippen MR) is 108 cm³/mol. The molecule has 1 aromatic rings. The number of para-hydroxylation sites is 1. The Balaban J connectivity index is 2.10. The highest BCUT2D eigenvalue weighted by molar-refractivity contribution is 5.79. The number of hydrogen-bond acceptors (Lipinski definition) is 3. The zero-order chi connectivity index (χ0) is 18.3. The van der Waals surface area contributed by atoms with Crippen molar-refractivity contribution in [1.82, 2.24) is 15.5 Å². The van der Waals surface area contributed by atoms with E-state index in [0.29, 0.717) is 0 Å². The number of guanidine groups is 1. The molecule has 2 N–H and O–H groups in total. The average Bonchev–Trinajstić information content (AvgIpc) is 2.62. The molecule has 0 unspecified atom stereocenters. The first-order valence-corrected chi connectivity index (χ1v) is 9.38. The van der Waals surface area contributed by atoms with Gasteiger partial charge in [-0.1, -0.05) is 37.5 Å². The molecule has 25 heavy (non-hydrogen) atoms. The van der Waals surface area contributed by atoms with Crippen molar-refractivity contribution in [3.63, 3.8) is 0 Å². The fourth-order valence-corrected chi connectivity index (χ4v) is 2.74. The van der Waals surface area contributed by atoms with E-state index in [1.54, 1.807) is 7.11 Å². The fraction of sp³-hybridized carbons (Fsp3) is 0.650. The largest absolute Gasteiger partial charge is 0.496 e. The van der Waals surface area contributed by atoms with Crippen LogP contribution in [0.25, 0.3) is 0 Å². The van der Waals surface area contributed by atoms with Crippen molar-refractivity contribution in [1.29, 1.82) is 0 Å². The summed E-state index contributed by atoms with van der Waals surface area (Å²) < 4.78 is 5.39. The third-order valence-corrected chi connectivity index (χ3v) is 4.18. The molecule has 0 atom stereocenters. The second-order valence-electron chi connectivity index (χ2n) is 6.56. The Morgan fingerprint density at radius 2 is 1.68 bits per heavy atom. The molecule has 0 saturated heterocycles. The smallest absolute Gasteiger partial charge is 0.190 e. The Bertz CT molecular complexity index is 488. The summed E-state index contributed by atoms with van der Waals surface area (Å²) in [5.41, 5.74) is 1.21. The molecule has 0 fully saturated rings. The summed E-state index contributed by atoms with van der Waals surface area (Å²) >= 11 is 0. The molecule has 5 nitrogen and oxygen atoms in total. The van der Waals surface area contributed by atoms with Crippen molar-refractivity contribution in [2.24, 2.45) is 4.99 Å². The van der Waals surface area contributed by atoms with E-state index in [1.165, 1.54) is 44.2 Å². The molecular formula is C20H36N4O. The number of benzene rings is 1. The normalized spacial score (nSPS) is 11.6. The molecule has 0 aliphatic carbocycles. The lowest BCUT2D eigenvalue weighted by Crippen LogP contribution is -2.38. The first-order valence-electron chi connectivity index (χ1n) is 9.38. The van der Waals surface area contributed by atoms with E-state index < -0.39 is 0 Å². The van der Waals surface area contributed by atoms with Gasteiger partial charge in [-0.15, -0.1) is 0 Å². The number of hydrogen-bond donors (Lipinski definition) is 2. The van der Waals surface area contributed by atoms with E-state index in [1.807, 2.05) is 25.2 Å². The number of unbranched alkanes of at least 4 members (excludes halogenated alkanes) is 4. The van der Waals surface area contributed by atoms with Gasteiger partial charge in [-0.25, -0.2) is 0 Å². The number of nitrogens with zero attached hydrogens (tertiary/aromatic N) is 2. The molecule has 0 aliphatic rings. The Kier molecular flexibility index (Phi) is 11.5. The maximum absolute atomic E-state index is 5.39. The highest BCUT2D eigenvalue weighted by atomic mass is 16.5. The van der Waals surface area contributed by atoms with Gasteiger partial charge >= 0.3 is 0 Å². The maximum atomic E-state index is 5.39. The molecule has 142 valence electrons. The van der Waals surface area contributed by atoms with Crippen molar-refractivity contribution in [3.05, 3.63) is 29.8 Å². The predicted octanol–water partition coefficient (Wildman–Crippen LogP) is 2.91. The van der Waals surface area contributed by atoms with Crippen molar-refractivity contribution in [2.45, 2.75) is 38.5 Å². The maximum Gasteiger partial charge on any atom is 0.190 e. The molecule has 1 aromatic carbocycles. The molecule has 0 heterocycles. The number of rotatable bonds is 12. The third kappa shape index (κ3) is 9.97. The van der Waals surface area contributed by atoms with Crippen LogP contribution in [0.5, 0.6) is 5.75 Å². The first-order chi connectivity index (χ1) is 12.2. The van der Waals surface area contributed by atoms with Gasteiger partial charge < -0.3 is 20.3 Å². The molecule has 0 aromatic heterocycles. The summed E-state index contributed by atoms with van der Waals surface area (Å²) in [6.45, 7) is 3.01. The van der Waals surface area contributed by atoms with E-state index in [4.69, 9.17) is 4.74 Å². The Labute approximate surface area is 153 Å². The summed E-state index contributed by atoms with van der Waals surface area (Å²) in [7, 11) is 7.81. The summed E-state index contributed by atoms with van der Waals surface area (Å²) in [6, 6.07) is 8.15. The minimum Gasteiger partial charge on any atom is -0.496 e. The van der Waals surface area contributed by atoms with E-state index in [2.05, 4.69) is 40.7 Å². The summed E-state index contributed by atoms with van der Waals surface area (Å²) in [4.78, 5) is 6.54. The summed E-state index contributed by atoms with van der Waals surface area (Å²) in [5.74, 6) is 1.82. The van der Waals surface area contributed by atoms with Gasteiger partial charge in [0.2, 0.25) is 0 Å². The minimum absolute atomic E-state index is 0.838. The molecule has 0 radical (unpaired) electrons. The first kappa shape index (κ1) is 21.3. The van der Waals surface area contributed by atoms with Gasteiger partial charge in [-0.2, -0.15) is 0 Å². The van der Waals surface area contributed by atoms with Crippen LogP contribution in [0, 0.1) is 0 Å². The van der Waals surface area contributed by atoms with Crippen molar-refractivity contribution < 1.29 is 4.74 Å². The highest BCUT2D eigenvalue weighted by Gasteiger charge is 2.02. The van der Waals surface area contributed by atoms with Gasteiger partial charge in [0, 0.05) is 20.1 Å². The third-order valence-electron chi connectivity index (χ3n) is 4.18. The summed E-state index contributed by atoms with van der Waals surface area (Å²) in [5, 5.41) is 6.76. The van der Waals surface area contributed by atoms with Crippen LogP contribution in [0.2, 0.25) is 0 Å². The van der Waals surface area contributed by atoms with Gasteiger partial charge in [0.05, 0.1) is 7.11 Å². The van der Waals surface area contributed by atoms with Gasteiger partial charge in [0.15, 0.2) is 5.96 Å². The molecule has 0 amide bonds. The van der Waals surface area contributed by atoms with E-state index >= 15 is 0 Å². The molecule has 0 spiro atoms. The van der Waals surface area contributed by atoms with Gasteiger partial charge in [-0.05, 0) is 51.5 Å². The van der Waals surface area contributed by atoms with Crippen molar-refractivity contribution >= 4 is 5.96 Å². The van der Waals surface area contributed by atoms with Crippen LogP contribution < -0.4 is 15.4 Å². The van der Waals surface area contributed by atoms with Crippen molar-refractivity contribution in [3.8, 4) is 5.75 Å². The SMILES string of the molecule is CN=C(NCCCCCCCN(C)C)NCCc1ccccc1OC. The highest BCUT2D eigenvalue weighted by Crippen LogP contribution is 2.17. The van der Waals surface area contributed by atoms with Crippen LogP contribution in [0.1, 0.15) is 37.7 Å². The lowest BCUT2D eigenvalue weighted by atomic mass is 10.1. The van der Waals surface area contributed by atoms with Gasteiger partial charge in [-0.3, -0.25) is 4.99 Å². The zero-order valence-electron chi connectivity index (χ0n) is 16.5. The van der Waals surface area contributed by atoms with E-state index in [-0.39, 0.29) is 0 Å². The molecular weight excluding hydrogens is 312 g/mol. The number of aliphatic imine (C=N–C) groups is 1. The second kappa shape index (κ2) is 13.5. The van der Waals surface area contributed by atoms with Crippen LogP contribution in [0.3, 0.4) is 0 Å². The van der Waals surface area contributed by atoms with Gasteiger partial charge in [0.1, 0.15) is 5.75 Å². The van der Waals surface area contributed by atoms with Crippen molar-refractivity contribution in [2.75, 3.05) is 47.9 Å². The van der Waals surface area contributed by atoms with Crippen LogP contribution in [0.15, 0.2) is 29.3 Å². The average molecular weight is 349 g/mol. The Morgan fingerprint density at radius 1 is 1.00 bits per heavy atom. The van der Waals surface area contributed by atoms with Gasteiger partial charge in [0.25, 0.3) is 0 Å². The molecule has 0 saturated carbocycles. The lowest BCUT2D eigenvalue weighted by Gasteiger charge is -2.13. The van der Waals surface area contributed by atoms with Crippen LogP contribution in [-0.2, 0) is 6.42 Å². The van der Waals surface area contributed by atoms with Crippen LogP contribution in [-0.4, -0.2) is 58.7 Å². The lowest BCUT2D eigenvalue weighted by molar-refractivity contribution is 0.389. The summed E-state index contributed by atoms with van der Waals surface area (Å²) in [6.07, 6.45) is 7.32. The standard InChI is InChI=1S/C20H36N4O/c1-21-20(22-15-10-6-5-7-11-17-24(2)3)23-16-14-18-12-8-9-13-19(18)25-4/h8-9,12-13H,5-7,10-11,14-17H2,1-4H3,(H2,21,22,23). The topological polar surface area (TPSA) is 48.9 Å². The Morgan fingerprint density at radius 3 is 2.40 bits per heavy atom. The van der Waals surface area contributed by atoms with E-state index in [0.717, 1.165) is 31.2 Å². The molecule has 0 aliphatic heterocycles. The monoisotopic (exact) mass is 348 g/mol. The molecule has 5 heteroatoms. The number of nitrogens with one attached hydrogen (secondary N) is 2. The van der Waals surface area contributed by atoms with Crippen LogP contribution >= 0.6 is 0 Å². The quantitative estimate of drug-likeness (QED) is 0.346. The second-order valence-corrected chi connectivity index (χ2v) is 6.56. The fourth-order valence-electron chi connectivity index (χ4n) is 2.74. The minimum atomic E-state index is 0.838. The zero-order valence-corrected chi connectivity index (χ0v) is 16.5. The molecule has 1 rings (SSSR count). The Hall–Kier alpha value is -1.75. The molecule has 0 bridgehead atoms. The van der Waals surface area contributed by atoms with E-state index in [9.17, 15) is 0 Å².